The number of nitrogens with one attached hydrogen (secondary N) is 1. The van der Waals surface area contributed by atoms with Crippen molar-refractivity contribution >= 4 is 17.4 Å². The SMILES string of the molecule is CC1CCCN2C(=O)[NH+](C)c3cccc1c32.[K+]. The van der Waals surface area contributed by atoms with Crippen molar-refractivity contribution in [2.24, 2.45) is 0 Å². The second-order valence-electron chi connectivity index (χ2n) is 4.87. The number of anilines is 1. The van der Waals surface area contributed by atoms with Crippen molar-refractivity contribution in [3.63, 3.8) is 0 Å². The molecule has 0 bridgehead atoms. The van der Waals surface area contributed by atoms with Gasteiger partial charge in [0.15, 0.2) is 5.69 Å². The third-order valence-electron chi connectivity index (χ3n) is 3.86. The van der Waals surface area contributed by atoms with E-state index < -0.39 is 0 Å². The van der Waals surface area contributed by atoms with Crippen molar-refractivity contribution in [3.05, 3.63) is 23.8 Å². The minimum Gasteiger partial charge on any atom is -0.255 e. The van der Waals surface area contributed by atoms with Crippen LogP contribution in [0, 0.1) is 0 Å². The van der Waals surface area contributed by atoms with E-state index in [1.54, 1.807) is 0 Å². The molecule has 2 amide bonds. The number of amides is 2. The normalized spacial score (nSPS) is 26.2. The minimum absolute atomic E-state index is 0. The van der Waals surface area contributed by atoms with Gasteiger partial charge >= 0.3 is 57.4 Å². The van der Waals surface area contributed by atoms with Gasteiger partial charge in [0.2, 0.25) is 0 Å². The third kappa shape index (κ3) is 2.05. The maximum absolute atomic E-state index is 12.1. The van der Waals surface area contributed by atoms with Crippen LogP contribution in [0.15, 0.2) is 18.2 Å². The van der Waals surface area contributed by atoms with Crippen molar-refractivity contribution < 1.29 is 61.1 Å². The summed E-state index contributed by atoms with van der Waals surface area (Å²) in [6.07, 6.45) is 2.29. The third-order valence-corrected chi connectivity index (χ3v) is 3.86. The fourth-order valence-electron chi connectivity index (χ4n) is 2.91. The van der Waals surface area contributed by atoms with Crippen molar-refractivity contribution in [2.45, 2.75) is 25.7 Å². The number of para-hydroxylation sites is 1. The van der Waals surface area contributed by atoms with Crippen LogP contribution in [-0.4, -0.2) is 19.6 Å². The molecule has 0 spiro atoms. The van der Waals surface area contributed by atoms with Crippen LogP contribution < -0.4 is 61.2 Å². The van der Waals surface area contributed by atoms with E-state index in [4.69, 9.17) is 0 Å². The molecule has 2 aliphatic heterocycles. The summed E-state index contributed by atoms with van der Waals surface area (Å²) in [5, 5.41) is 0. The first-order valence-electron chi connectivity index (χ1n) is 5.99. The van der Waals surface area contributed by atoms with Gasteiger partial charge in [-0.25, -0.2) is 9.69 Å². The van der Waals surface area contributed by atoms with E-state index in [1.807, 2.05) is 11.9 Å². The van der Waals surface area contributed by atoms with E-state index in [1.165, 1.54) is 17.7 Å². The number of nitrogens with zero attached hydrogens (tertiary/aromatic N) is 1. The molecule has 1 aromatic rings. The number of urea groups is 1. The predicted octanol–water partition coefficient (Wildman–Crippen LogP) is -1.33. The van der Waals surface area contributed by atoms with Crippen LogP contribution in [0.1, 0.15) is 31.2 Å². The zero-order chi connectivity index (χ0) is 11.3. The van der Waals surface area contributed by atoms with Crippen LogP contribution in [-0.2, 0) is 0 Å². The molecule has 0 saturated carbocycles. The fourth-order valence-corrected chi connectivity index (χ4v) is 2.91. The average Bonchev–Trinajstić information content (AvgIpc) is 2.47. The summed E-state index contributed by atoms with van der Waals surface area (Å²) >= 11 is 0. The van der Waals surface area contributed by atoms with E-state index in [9.17, 15) is 4.79 Å². The summed E-state index contributed by atoms with van der Waals surface area (Å²) < 4.78 is 0. The summed E-state index contributed by atoms with van der Waals surface area (Å²) in [4.78, 5) is 15.0. The molecule has 17 heavy (non-hydrogen) atoms. The van der Waals surface area contributed by atoms with Crippen LogP contribution in [0.5, 0.6) is 0 Å². The molecule has 0 aliphatic carbocycles. The maximum atomic E-state index is 12.1. The number of benzene rings is 1. The first kappa shape index (κ1) is 13.7. The topological polar surface area (TPSA) is 24.8 Å². The van der Waals surface area contributed by atoms with E-state index in [0.29, 0.717) is 5.92 Å². The van der Waals surface area contributed by atoms with E-state index in [0.717, 1.165) is 23.6 Å². The standard InChI is InChI=1S/C13H16N2O.K/c1-9-5-4-8-15-12-10(9)6-3-7-11(12)14(2)13(15)16;/h3,6-7,9H,4-5,8H2,1-2H3;/q;+1/p+1. The number of quaternary nitrogens is 1. The first-order chi connectivity index (χ1) is 7.70. The molecule has 2 atom stereocenters. The Morgan fingerprint density at radius 3 is 2.94 bits per heavy atom. The number of rotatable bonds is 0. The average molecular weight is 256 g/mol. The second kappa shape index (κ2) is 5.11. The van der Waals surface area contributed by atoms with Gasteiger partial charge in [0, 0.05) is 12.6 Å². The zero-order valence-electron chi connectivity index (χ0n) is 10.8. The Balaban J connectivity index is 0.00000108. The Kier molecular flexibility index (Phi) is 4.12. The Morgan fingerprint density at radius 1 is 1.41 bits per heavy atom. The van der Waals surface area contributed by atoms with E-state index >= 15 is 0 Å². The Morgan fingerprint density at radius 2 is 2.18 bits per heavy atom. The molecule has 2 unspecified atom stereocenters. The van der Waals surface area contributed by atoms with Crippen molar-refractivity contribution in [3.8, 4) is 0 Å². The minimum atomic E-state index is 0. The first-order valence-corrected chi connectivity index (χ1v) is 5.99. The number of carbonyl (C=O) groups is 1. The quantitative estimate of drug-likeness (QED) is 0.572. The molecule has 0 radical (unpaired) electrons. The van der Waals surface area contributed by atoms with E-state index in [-0.39, 0.29) is 57.4 Å². The molecule has 3 rings (SSSR count). The molecule has 3 nitrogen and oxygen atoms in total. The Hall–Kier alpha value is 0.286. The van der Waals surface area contributed by atoms with Gasteiger partial charge in [0.25, 0.3) is 0 Å². The molecule has 0 saturated heterocycles. The number of hydrogen-bond acceptors (Lipinski definition) is 1. The van der Waals surface area contributed by atoms with Gasteiger partial charge in [-0.2, -0.15) is 0 Å². The monoisotopic (exact) mass is 256 g/mol. The van der Waals surface area contributed by atoms with Crippen molar-refractivity contribution in [1.29, 1.82) is 0 Å². The molecular formula is C13H17KN2O+2. The van der Waals surface area contributed by atoms with Crippen LogP contribution >= 0.6 is 0 Å². The van der Waals surface area contributed by atoms with Gasteiger partial charge < -0.3 is 0 Å². The molecule has 0 fully saturated rings. The molecular weight excluding hydrogens is 239 g/mol. The van der Waals surface area contributed by atoms with Gasteiger partial charge in [0.1, 0.15) is 5.69 Å². The number of carbonyl (C=O) groups excluding carboxylic acids is 1. The van der Waals surface area contributed by atoms with E-state index in [2.05, 4.69) is 25.1 Å². The predicted molar refractivity (Wildman–Crippen MR) is 63.4 cm³/mol. The van der Waals surface area contributed by atoms with Gasteiger partial charge in [-0.1, -0.05) is 19.1 Å². The smallest absolute Gasteiger partial charge is 0.255 e. The van der Waals surface area contributed by atoms with Crippen LogP contribution in [0.3, 0.4) is 0 Å². The van der Waals surface area contributed by atoms with Crippen molar-refractivity contribution in [1.82, 2.24) is 0 Å². The second-order valence-corrected chi connectivity index (χ2v) is 4.87. The molecule has 1 aromatic carbocycles. The molecule has 84 valence electrons. The largest absolute Gasteiger partial charge is 1.00 e. The van der Waals surface area contributed by atoms with Crippen molar-refractivity contribution in [2.75, 3.05) is 18.5 Å². The Labute approximate surface area is 145 Å². The summed E-state index contributed by atoms with van der Waals surface area (Å²) in [5.41, 5.74) is 3.69. The summed E-state index contributed by atoms with van der Waals surface area (Å²) in [7, 11) is 1.94. The van der Waals surface area contributed by atoms with Gasteiger partial charge in [-0.3, -0.25) is 4.90 Å². The van der Waals surface area contributed by atoms with Crippen LogP contribution in [0.25, 0.3) is 0 Å². The molecule has 2 heterocycles. The summed E-state index contributed by atoms with van der Waals surface area (Å²) in [5.74, 6) is 0.568. The summed E-state index contributed by atoms with van der Waals surface area (Å²) in [6, 6.07) is 6.53. The fraction of sp³-hybridized carbons (Fsp3) is 0.462. The van der Waals surface area contributed by atoms with Crippen LogP contribution in [0.2, 0.25) is 0 Å². The molecule has 2 aliphatic rings. The zero-order valence-corrected chi connectivity index (χ0v) is 13.9. The number of hydrogen-bond donors (Lipinski definition) is 1. The molecule has 1 N–H and O–H groups in total. The van der Waals surface area contributed by atoms with Gasteiger partial charge in [0.05, 0.1) is 7.05 Å². The Bertz CT molecular complexity index is 461. The van der Waals surface area contributed by atoms with Gasteiger partial charge in [-0.15, -0.1) is 0 Å². The summed E-state index contributed by atoms with van der Waals surface area (Å²) in [6.45, 7) is 3.14. The molecule has 0 aromatic heterocycles. The molecule has 4 heteroatoms. The van der Waals surface area contributed by atoms with Crippen LogP contribution in [0.4, 0.5) is 16.2 Å². The maximum Gasteiger partial charge on any atom is 1.00 e. The van der Waals surface area contributed by atoms with Gasteiger partial charge in [-0.05, 0) is 24.3 Å².